The van der Waals surface area contributed by atoms with Gasteiger partial charge in [-0.05, 0) is 32.0 Å². The lowest BCUT2D eigenvalue weighted by molar-refractivity contribution is -0.123. The molecule has 6 nitrogen and oxygen atoms in total. The summed E-state index contributed by atoms with van der Waals surface area (Å²) < 4.78 is 10.0. The summed E-state index contributed by atoms with van der Waals surface area (Å²) in [6, 6.07) is 8.22. The molecule has 126 valence electrons. The summed E-state index contributed by atoms with van der Waals surface area (Å²) in [7, 11) is 1.43. The fraction of sp³-hybridized carbons (Fsp3) is 0.235. The van der Waals surface area contributed by atoms with Crippen LogP contribution < -0.4 is 10.1 Å². The smallest absolute Gasteiger partial charge is 0.339 e. The fourth-order valence-corrected chi connectivity index (χ4v) is 3.02. The quantitative estimate of drug-likeness (QED) is 0.841. The molecule has 2 aromatic rings. The van der Waals surface area contributed by atoms with Gasteiger partial charge < -0.3 is 9.47 Å². The predicted molar refractivity (Wildman–Crippen MR) is 89.5 cm³/mol. The van der Waals surface area contributed by atoms with Crippen LogP contribution in [0.3, 0.4) is 0 Å². The summed E-state index contributed by atoms with van der Waals surface area (Å²) in [6.45, 7) is 3.15. The first-order chi connectivity index (χ1) is 11.4. The second-order valence-corrected chi connectivity index (χ2v) is 6.44. The zero-order valence-corrected chi connectivity index (χ0v) is 14.4. The summed E-state index contributed by atoms with van der Waals surface area (Å²) in [6.07, 6.45) is 0. The molecule has 1 heterocycles. The lowest BCUT2D eigenvalue weighted by Gasteiger charge is -2.08. The van der Waals surface area contributed by atoms with E-state index in [1.807, 2.05) is 6.92 Å². The average molecular weight is 347 g/mol. The van der Waals surface area contributed by atoms with Crippen LogP contribution in [-0.4, -0.2) is 31.5 Å². The SMILES string of the molecule is COc1ccccc1C(=O)NC(=O)COC(=O)c1cc(C)sc1C. The Kier molecular flexibility index (Phi) is 5.70. The van der Waals surface area contributed by atoms with Crippen molar-refractivity contribution < 1.29 is 23.9 Å². The van der Waals surface area contributed by atoms with Gasteiger partial charge in [-0.3, -0.25) is 14.9 Å². The minimum Gasteiger partial charge on any atom is -0.496 e. The van der Waals surface area contributed by atoms with Crippen LogP contribution in [0.1, 0.15) is 30.5 Å². The number of esters is 1. The Hall–Kier alpha value is -2.67. The summed E-state index contributed by atoms with van der Waals surface area (Å²) in [5, 5.41) is 2.17. The van der Waals surface area contributed by atoms with Crippen molar-refractivity contribution in [2.75, 3.05) is 13.7 Å². The minimum absolute atomic E-state index is 0.226. The van der Waals surface area contributed by atoms with Gasteiger partial charge in [0.2, 0.25) is 0 Å². The van der Waals surface area contributed by atoms with E-state index < -0.39 is 24.4 Å². The highest BCUT2D eigenvalue weighted by Crippen LogP contribution is 2.21. The number of rotatable bonds is 5. The number of hydrogen-bond acceptors (Lipinski definition) is 6. The van der Waals surface area contributed by atoms with Gasteiger partial charge in [-0.25, -0.2) is 4.79 Å². The molecule has 0 saturated carbocycles. The van der Waals surface area contributed by atoms with Gasteiger partial charge in [0.1, 0.15) is 5.75 Å². The van der Waals surface area contributed by atoms with Crippen molar-refractivity contribution in [3.05, 3.63) is 51.2 Å². The number of imide groups is 1. The fourth-order valence-electron chi connectivity index (χ4n) is 2.10. The second-order valence-electron chi connectivity index (χ2n) is 4.98. The molecule has 0 aliphatic rings. The first-order valence-electron chi connectivity index (χ1n) is 7.13. The Labute approximate surface area is 143 Å². The largest absolute Gasteiger partial charge is 0.496 e. The number of ether oxygens (including phenoxy) is 2. The molecule has 0 atom stereocenters. The molecular formula is C17H17NO5S. The normalized spacial score (nSPS) is 10.1. The van der Waals surface area contributed by atoms with Crippen LogP contribution in [0.15, 0.2) is 30.3 Å². The molecule has 0 radical (unpaired) electrons. The molecule has 1 aromatic heterocycles. The molecule has 7 heteroatoms. The number of amides is 2. The molecule has 0 spiro atoms. The summed E-state index contributed by atoms with van der Waals surface area (Å²) in [4.78, 5) is 37.6. The topological polar surface area (TPSA) is 81.7 Å². The van der Waals surface area contributed by atoms with E-state index in [-0.39, 0.29) is 5.56 Å². The Morgan fingerprint density at radius 2 is 1.83 bits per heavy atom. The third kappa shape index (κ3) is 4.20. The van der Waals surface area contributed by atoms with Gasteiger partial charge in [-0.2, -0.15) is 0 Å². The van der Waals surface area contributed by atoms with Crippen LogP contribution in [0.5, 0.6) is 5.75 Å². The Morgan fingerprint density at radius 1 is 1.12 bits per heavy atom. The molecule has 24 heavy (non-hydrogen) atoms. The number of methoxy groups -OCH3 is 1. The lowest BCUT2D eigenvalue weighted by Crippen LogP contribution is -2.34. The minimum atomic E-state index is -0.705. The first-order valence-corrected chi connectivity index (χ1v) is 7.95. The molecule has 1 aromatic carbocycles. The summed E-state index contributed by atoms with van der Waals surface area (Å²) in [5.74, 6) is -1.55. The van der Waals surface area contributed by atoms with E-state index in [4.69, 9.17) is 9.47 Å². The number of thiophene rings is 1. The van der Waals surface area contributed by atoms with E-state index in [9.17, 15) is 14.4 Å². The number of para-hydroxylation sites is 1. The van der Waals surface area contributed by atoms with Gasteiger partial charge in [0, 0.05) is 9.75 Å². The van der Waals surface area contributed by atoms with Gasteiger partial charge in [0.25, 0.3) is 11.8 Å². The molecule has 2 amide bonds. The van der Waals surface area contributed by atoms with E-state index in [0.29, 0.717) is 11.3 Å². The first kappa shape index (κ1) is 17.7. The monoisotopic (exact) mass is 347 g/mol. The van der Waals surface area contributed by atoms with E-state index in [1.54, 1.807) is 31.2 Å². The van der Waals surface area contributed by atoms with Gasteiger partial charge in [0.05, 0.1) is 18.2 Å². The van der Waals surface area contributed by atoms with Gasteiger partial charge in [-0.15, -0.1) is 11.3 Å². The maximum Gasteiger partial charge on any atom is 0.339 e. The highest BCUT2D eigenvalue weighted by Gasteiger charge is 2.18. The maximum atomic E-state index is 12.1. The highest BCUT2D eigenvalue weighted by molar-refractivity contribution is 7.12. The number of benzene rings is 1. The maximum absolute atomic E-state index is 12.1. The van der Waals surface area contributed by atoms with Crippen LogP contribution in [-0.2, 0) is 9.53 Å². The molecule has 0 unspecified atom stereocenters. The molecule has 2 rings (SSSR count). The Balaban J connectivity index is 1.92. The van der Waals surface area contributed by atoms with Gasteiger partial charge in [0.15, 0.2) is 6.61 Å². The van der Waals surface area contributed by atoms with Crippen LogP contribution in [0.25, 0.3) is 0 Å². The van der Waals surface area contributed by atoms with Gasteiger partial charge >= 0.3 is 5.97 Å². The molecular weight excluding hydrogens is 330 g/mol. The highest BCUT2D eigenvalue weighted by atomic mass is 32.1. The molecule has 0 saturated heterocycles. The zero-order valence-electron chi connectivity index (χ0n) is 13.5. The van der Waals surface area contributed by atoms with Crippen LogP contribution in [0.4, 0.5) is 0 Å². The van der Waals surface area contributed by atoms with Crippen molar-refractivity contribution in [2.45, 2.75) is 13.8 Å². The van der Waals surface area contributed by atoms with Crippen LogP contribution in [0, 0.1) is 13.8 Å². The van der Waals surface area contributed by atoms with Crippen molar-refractivity contribution in [2.24, 2.45) is 0 Å². The molecule has 0 fully saturated rings. The zero-order chi connectivity index (χ0) is 17.7. The van der Waals surface area contributed by atoms with Gasteiger partial charge in [-0.1, -0.05) is 12.1 Å². The average Bonchev–Trinajstić information content (AvgIpc) is 2.91. The summed E-state index contributed by atoms with van der Waals surface area (Å²) in [5.41, 5.74) is 0.658. The molecule has 0 aliphatic carbocycles. The van der Waals surface area contributed by atoms with Crippen molar-refractivity contribution in [1.29, 1.82) is 0 Å². The van der Waals surface area contributed by atoms with Crippen LogP contribution in [0.2, 0.25) is 0 Å². The van der Waals surface area contributed by atoms with E-state index in [2.05, 4.69) is 5.32 Å². The molecule has 0 aliphatic heterocycles. The Bertz CT molecular complexity index is 781. The summed E-state index contributed by atoms with van der Waals surface area (Å²) >= 11 is 1.47. The molecule has 0 bridgehead atoms. The van der Waals surface area contributed by atoms with E-state index in [1.165, 1.54) is 24.5 Å². The van der Waals surface area contributed by atoms with Crippen molar-refractivity contribution in [1.82, 2.24) is 5.32 Å². The number of aryl methyl sites for hydroxylation is 2. The predicted octanol–water partition coefficient (Wildman–Crippen LogP) is 2.49. The molecule has 1 N–H and O–H groups in total. The third-order valence-corrected chi connectivity index (χ3v) is 4.17. The Morgan fingerprint density at radius 3 is 2.46 bits per heavy atom. The number of carbonyl (C=O) groups excluding carboxylic acids is 3. The number of carbonyl (C=O) groups is 3. The van der Waals surface area contributed by atoms with E-state index >= 15 is 0 Å². The number of hydrogen-bond donors (Lipinski definition) is 1. The number of nitrogens with one attached hydrogen (secondary N) is 1. The van der Waals surface area contributed by atoms with Crippen LogP contribution >= 0.6 is 11.3 Å². The third-order valence-electron chi connectivity index (χ3n) is 3.20. The lowest BCUT2D eigenvalue weighted by atomic mass is 10.2. The van der Waals surface area contributed by atoms with E-state index in [0.717, 1.165) is 9.75 Å². The second kappa shape index (κ2) is 7.74. The van der Waals surface area contributed by atoms with Crippen molar-refractivity contribution in [3.63, 3.8) is 0 Å². The standard InChI is InChI=1S/C17H17NO5S/c1-10-8-13(11(2)24-10)17(21)23-9-15(19)18-16(20)12-6-4-5-7-14(12)22-3/h4-8H,9H2,1-3H3,(H,18,19,20). The van der Waals surface area contributed by atoms with Crippen molar-refractivity contribution in [3.8, 4) is 5.75 Å². The van der Waals surface area contributed by atoms with Crippen molar-refractivity contribution >= 4 is 29.1 Å².